The number of aldehydes is 1. The van der Waals surface area contributed by atoms with Gasteiger partial charge < -0.3 is 38.7 Å². The van der Waals surface area contributed by atoms with Crippen molar-refractivity contribution in [2.45, 2.75) is 83.3 Å². The number of carbonyl (C=O) groups excluding carboxylic acids is 2. The van der Waals surface area contributed by atoms with Crippen LogP contribution >= 0.6 is 0 Å². The van der Waals surface area contributed by atoms with E-state index in [1.165, 1.54) is 13.8 Å². The van der Waals surface area contributed by atoms with Crippen molar-refractivity contribution in [1.29, 1.82) is 0 Å². The van der Waals surface area contributed by atoms with Crippen molar-refractivity contribution in [2.75, 3.05) is 7.11 Å². The van der Waals surface area contributed by atoms with Gasteiger partial charge in [-0.1, -0.05) is 93.6 Å². The van der Waals surface area contributed by atoms with E-state index in [2.05, 4.69) is 0 Å². The van der Waals surface area contributed by atoms with Gasteiger partial charge in [0.1, 0.15) is 37.8 Å². The lowest BCUT2D eigenvalue weighted by Gasteiger charge is -2.60. The highest BCUT2D eigenvalue weighted by Gasteiger charge is 2.70. The number of benzene rings is 3. The smallest absolute Gasteiger partial charge is 0.208 e. The first-order valence-corrected chi connectivity index (χ1v) is 15.1. The Balaban J connectivity index is 1.90. The summed E-state index contributed by atoms with van der Waals surface area (Å²) in [6.45, 7) is 6.18. The number of rotatable bonds is 15. The Kier molecular flexibility index (Phi) is 11.1. The van der Waals surface area contributed by atoms with Gasteiger partial charge >= 0.3 is 0 Å². The Morgan fingerprint density at radius 3 is 1.93 bits per heavy atom. The Morgan fingerprint density at radius 2 is 1.44 bits per heavy atom. The van der Waals surface area contributed by atoms with E-state index in [4.69, 9.17) is 25.1 Å². The zero-order chi connectivity index (χ0) is 33.5. The van der Waals surface area contributed by atoms with E-state index in [9.17, 15) is 19.8 Å². The molecule has 1 heterocycles. The SMILES string of the molecule is [2H]C(=O)C(C)C1(O)O[C@H](C(O)C(C)=O)[C@H](OCc2ccccc2)[C@H](OCc2ccccc2)[C@]1(OCc1ccc(OC)cc1)C(C)C. The van der Waals surface area contributed by atoms with Crippen LogP contribution in [0.4, 0.5) is 0 Å². The van der Waals surface area contributed by atoms with E-state index in [1.54, 1.807) is 45.2 Å². The van der Waals surface area contributed by atoms with Gasteiger partial charge in [-0.2, -0.15) is 0 Å². The molecule has 0 aliphatic carbocycles. The summed E-state index contributed by atoms with van der Waals surface area (Å²) in [7, 11) is 1.56. The number of ether oxygens (including phenoxy) is 5. The molecule has 1 fully saturated rings. The van der Waals surface area contributed by atoms with E-state index in [0.717, 1.165) is 16.7 Å². The molecule has 0 amide bonds. The van der Waals surface area contributed by atoms with Crippen LogP contribution in [0.1, 0.15) is 45.8 Å². The average Bonchev–Trinajstić information content (AvgIpc) is 3.06. The average molecular weight is 622 g/mol. The van der Waals surface area contributed by atoms with Crippen molar-refractivity contribution in [2.24, 2.45) is 11.8 Å². The highest BCUT2D eigenvalue weighted by atomic mass is 16.7. The van der Waals surface area contributed by atoms with Crippen LogP contribution in [0.15, 0.2) is 84.9 Å². The second-order valence-electron chi connectivity index (χ2n) is 11.7. The standard InChI is InChI=1S/C36H44O9/c1-24(2)35(44-23-29-16-18-30(41-5)19-17-29)34(43-22-28-14-10-7-11-15-28)33(42-21-27-12-8-6-9-13-27)32(31(39)26(4)38)45-36(35,40)25(3)20-37/h6-20,24-25,31-34,39-40H,21-23H2,1-5H3/t25?,31?,32-,33+,34+,35-,36?/m1/s1/i20D. The van der Waals surface area contributed by atoms with E-state index < -0.39 is 59.7 Å². The zero-order valence-electron chi connectivity index (χ0n) is 27.4. The number of carbonyl (C=O) groups is 2. The van der Waals surface area contributed by atoms with Gasteiger partial charge in [-0.25, -0.2) is 0 Å². The molecule has 0 spiro atoms. The number of hydrogen-bond acceptors (Lipinski definition) is 9. The minimum absolute atomic E-state index is 0.0409. The van der Waals surface area contributed by atoms with Gasteiger partial charge in [0.15, 0.2) is 11.4 Å². The lowest BCUT2D eigenvalue weighted by molar-refractivity contribution is -0.430. The van der Waals surface area contributed by atoms with Crippen molar-refractivity contribution in [1.82, 2.24) is 0 Å². The molecule has 0 saturated carbocycles. The summed E-state index contributed by atoms with van der Waals surface area (Å²) in [4.78, 5) is 25.4. The van der Waals surface area contributed by atoms with Crippen LogP contribution in [0, 0.1) is 11.8 Å². The van der Waals surface area contributed by atoms with Crippen LogP contribution < -0.4 is 4.74 Å². The second-order valence-corrected chi connectivity index (χ2v) is 11.7. The number of hydrogen-bond donors (Lipinski definition) is 2. The van der Waals surface area contributed by atoms with Crippen molar-refractivity contribution in [3.63, 3.8) is 0 Å². The predicted molar refractivity (Wildman–Crippen MR) is 167 cm³/mol. The molecule has 9 nitrogen and oxygen atoms in total. The van der Waals surface area contributed by atoms with Gasteiger partial charge in [-0.3, -0.25) is 4.79 Å². The first kappa shape index (κ1) is 32.9. The van der Waals surface area contributed by atoms with Gasteiger partial charge in [0.2, 0.25) is 5.79 Å². The third-order valence-corrected chi connectivity index (χ3v) is 8.46. The molecule has 3 aromatic rings. The molecule has 7 atom stereocenters. The van der Waals surface area contributed by atoms with E-state index in [0.29, 0.717) is 5.75 Å². The molecule has 2 N–H and O–H groups in total. The van der Waals surface area contributed by atoms with E-state index >= 15 is 0 Å². The summed E-state index contributed by atoms with van der Waals surface area (Å²) in [6, 6.07) is 25.8. The minimum atomic E-state index is -2.54. The zero-order valence-corrected chi connectivity index (χ0v) is 26.4. The first-order chi connectivity index (χ1) is 21.9. The summed E-state index contributed by atoms with van der Waals surface area (Å²) in [5.41, 5.74) is 0.486. The highest BCUT2D eigenvalue weighted by Crippen LogP contribution is 2.51. The van der Waals surface area contributed by atoms with Crippen molar-refractivity contribution < 1.29 is 44.9 Å². The van der Waals surface area contributed by atoms with Crippen LogP contribution in [-0.2, 0) is 48.4 Å². The van der Waals surface area contributed by atoms with Gasteiger partial charge in [-0.05, 0) is 41.7 Å². The maximum absolute atomic E-state index is 12.7. The fourth-order valence-corrected chi connectivity index (χ4v) is 5.93. The molecule has 4 rings (SSSR count). The molecule has 9 heteroatoms. The predicted octanol–water partition coefficient (Wildman–Crippen LogP) is 4.65. The Bertz CT molecular complexity index is 1420. The summed E-state index contributed by atoms with van der Waals surface area (Å²) >= 11 is 0. The summed E-state index contributed by atoms with van der Waals surface area (Å²) < 4.78 is 39.5. The fraction of sp³-hybridized carbons (Fsp3) is 0.444. The topological polar surface area (TPSA) is 121 Å². The van der Waals surface area contributed by atoms with Gasteiger partial charge in [0.05, 0.1) is 32.8 Å². The van der Waals surface area contributed by atoms with Crippen LogP contribution in [0.2, 0.25) is 0 Å². The normalized spacial score (nSPS) is 26.6. The molecule has 242 valence electrons. The Morgan fingerprint density at radius 1 is 0.911 bits per heavy atom. The maximum Gasteiger partial charge on any atom is 0.208 e. The van der Waals surface area contributed by atoms with E-state index in [1.807, 2.05) is 60.7 Å². The quantitative estimate of drug-likeness (QED) is 0.234. The molecule has 3 aromatic carbocycles. The largest absolute Gasteiger partial charge is 0.497 e. The number of methoxy groups -OCH3 is 1. The second kappa shape index (κ2) is 15.2. The highest BCUT2D eigenvalue weighted by molar-refractivity contribution is 5.81. The lowest BCUT2D eigenvalue weighted by Crippen LogP contribution is -2.79. The van der Waals surface area contributed by atoms with Crippen LogP contribution in [0.5, 0.6) is 5.75 Å². The maximum atomic E-state index is 12.7. The molecule has 3 unspecified atom stereocenters. The summed E-state index contributed by atoms with van der Waals surface area (Å²) in [5.74, 6) is -4.63. The molecule has 0 radical (unpaired) electrons. The summed E-state index contributed by atoms with van der Waals surface area (Å²) in [6.07, 6.45) is -6.74. The minimum Gasteiger partial charge on any atom is -0.497 e. The molecular formula is C36H44O9. The van der Waals surface area contributed by atoms with Crippen molar-refractivity contribution in [3.05, 3.63) is 102 Å². The van der Waals surface area contributed by atoms with Gasteiger partial charge in [-0.15, -0.1) is 0 Å². The van der Waals surface area contributed by atoms with Crippen molar-refractivity contribution in [3.8, 4) is 5.75 Å². The number of aliphatic hydroxyl groups is 2. The van der Waals surface area contributed by atoms with Gasteiger partial charge in [0.25, 0.3) is 0 Å². The van der Waals surface area contributed by atoms with Crippen LogP contribution in [-0.4, -0.2) is 65.2 Å². The molecule has 45 heavy (non-hydrogen) atoms. The molecule has 0 bridgehead atoms. The first-order valence-electron chi connectivity index (χ1n) is 15.6. The van der Waals surface area contributed by atoms with E-state index in [-0.39, 0.29) is 19.8 Å². The monoisotopic (exact) mass is 621 g/mol. The van der Waals surface area contributed by atoms with Gasteiger partial charge in [0, 0.05) is 0 Å². The third kappa shape index (κ3) is 7.35. The molecule has 1 aliphatic heterocycles. The van der Waals surface area contributed by atoms with Crippen LogP contribution in [0.25, 0.3) is 0 Å². The third-order valence-electron chi connectivity index (χ3n) is 8.46. The van der Waals surface area contributed by atoms with Crippen molar-refractivity contribution >= 4 is 12.0 Å². The number of ketones is 1. The Hall–Kier alpha value is -3.44. The number of aliphatic hydroxyl groups excluding tert-OH is 1. The fourth-order valence-electron chi connectivity index (χ4n) is 5.93. The molecule has 1 saturated heterocycles. The molecule has 1 aliphatic rings. The molecular weight excluding hydrogens is 576 g/mol. The van der Waals surface area contributed by atoms with Crippen LogP contribution in [0.3, 0.4) is 0 Å². The Labute approximate surface area is 266 Å². The summed E-state index contributed by atoms with van der Waals surface area (Å²) in [5, 5.41) is 23.9. The lowest BCUT2D eigenvalue weighted by atomic mass is 9.67. The number of Topliss-reactive ketones (excluding diaryl/α,β-unsaturated/α-hetero) is 1. The molecule has 0 aromatic heterocycles.